The number of esters is 1. The number of hydrogen-bond donors (Lipinski definition) is 1. The van der Waals surface area contributed by atoms with Crippen LogP contribution in [0.25, 0.3) is 0 Å². The molecule has 0 spiro atoms. The van der Waals surface area contributed by atoms with E-state index in [2.05, 4.69) is 10.1 Å². The number of nitrogens with one attached hydrogen (secondary N) is 1. The van der Waals surface area contributed by atoms with Gasteiger partial charge in [0.1, 0.15) is 6.61 Å². The minimum atomic E-state index is -0.243. The smallest absolute Gasteiger partial charge is 0.302 e. The normalized spacial score (nSPS) is 9.40. The van der Waals surface area contributed by atoms with Crippen LogP contribution in [0, 0.1) is 0 Å². The van der Waals surface area contributed by atoms with Crippen LogP contribution in [-0.4, -0.2) is 31.5 Å². The monoisotopic (exact) mass is 165 g/mol. The Morgan fingerprint density at radius 2 is 2.30 bits per heavy atom. The summed E-state index contributed by atoms with van der Waals surface area (Å²) in [7, 11) is 0. The first-order valence-corrected chi connectivity index (χ1v) is 3.71. The van der Waals surface area contributed by atoms with Crippen molar-refractivity contribution in [3.8, 4) is 0 Å². The molecule has 0 unspecified atom stereocenters. The summed E-state index contributed by atoms with van der Waals surface area (Å²) in [5, 5.41) is 2.98. The van der Waals surface area contributed by atoms with Gasteiger partial charge in [-0.3, -0.25) is 4.79 Å². The first-order chi connectivity index (χ1) is 4.77. The largest absolute Gasteiger partial charge is 0.465 e. The van der Waals surface area contributed by atoms with E-state index in [1.54, 1.807) is 0 Å². The van der Waals surface area contributed by atoms with Crippen molar-refractivity contribution >= 4 is 17.6 Å². The zero-order valence-corrected chi connectivity index (χ0v) is 6.78. The Balaban J connectivity index is 2.84. The van der Waals surface area contributed by atoms with Gasteiger partial charge in [-0.2, -0.15) is 0 Å². The molecule has 0 heterocycles. The molecular formula is C6H12ClNO2. The van der Waals surface area contributed by atoms with Gasteiger partial charge >= 0.3 is 5.97 Å². The lowest BCUT2D eigenvalue weighted by Gasteiger charge is -2.01. The van der Waals surface area contributed by atoms with E-state index in [0.717, 1.165) is 6.54 Å². The fourth-order valence-corrected chi connectivity index (χ4v) is 0.592. The molecule has 4 heteroatoms. The Bertz CT molecular complexity index is 97.7. The van der Waals surface area contributed by atoms with E-state index in [4.69, 9.17) is 11.6 Å². The highest BCUT2D eigenvalue weighted by Gasteiger charge is 1.90. The molecule has 3 nitrogen and oxygen atoms in total. The van der Waals surface area contributed by atoms with Crippen LogP contribution in [0.1, 0.15) is 6.92 Å². The number of carbonyl (C=O) groups is 1. The quantitative estimate of drug-likeness (QED) is 0.364. The van der Waals surface area contributed by atoms with E-state index >= 15 is 0 Å². The van der Waals surface area contributed by atoms with Gasteiger partial charge in [0.25, 0.3) is 0 Å². The zero-order valence-electron chi connectivity index (χ0n) is 6.02. The summed E-state index contributed by atoms with van der Waals surface area (Å²) in [6.45, 7) is 3.24. The minimum Gasteiger partial charge on any atom is -0.465 e. The van der Waals surface area contributed by atoms with E-state index in [-0.39, 0.29) is 5.97 Å². The van der Waals surface area contributed by atoms with E-state index in [9.17, 15) is 4.79 Å². The number of alkyl halides is 1. The minimum absolute atomic E-state index is 0.243. The summed E-state index contributed by atoms with van der Waals surface area (Å²) < 4.78 is 4.64. The fraction of sp³-hybridized carbons (Fsp3) is 0.833. The second kappa shape index (κ2) is 6.83. The summed E-state index contributed by atoms with van der Waals surface area (Å²) in [5.74, 6) is 0.341. The molecule has 0 aromatic carbocycles. The van der Waals surface area contributed by atoms with E-state index in [0.29, 0.717) is 19.0 Å². The van der Waals surface area contributed by atoms with Crippen LogP contribution in [0.15, 0.2) is 0 Å². The highest BCUT2D eigenvalue weighted by Crippen LogP contribution is 1.74. The fourth-order valence-electron chi connectivity index (χ4n) is 0.459. The topological polar surface area (TPSA) is 38.3 Å². The summed E-state index contributed by atoms with van der Waals surface area (Å²) >= 11 is 5.37. The van der Waals surface area contributed by atoms with Crippen molar-refractivity contribution in [1.82, 2.24) is 5.32 Å². The average Bonchev–Trinajstić information content (AvgIpc) is 1.87. The summed E-state index contributed by atoms with van der Waals surface area (Å²) in [5.41, 5.74) is 0. The second-order valence-corrected chi connectivity index (χ2v) is 2.16. The standard InChI is InChI=1S/C6H12ClNO2/c1-6(9)10-5-4-8-3-2-7/h8H,2-5H2,1H3. The van der Waals surface area contributed by atoms with Crippen molar-refractivity contribution in [2.45, 2.75) is 6.92 Å². The Kier molecular flexibility index (Phi) is 6.64. The Morgan fingerprint density at radius 3 is 2.80 bits per heavy atom. The van der Waals surface area contributed by atoms with Crippen molar-refractivity contribution in [2.24, 2.45) is 0 Å². The van der Waals surface area contributed by atoms with Gasteiger partial charge in [0.2, 0.25) is 0 Å². The Hall–Kier alpha value is -0.280. The van der Waals surface area contributed by atoms with Gasteiger partial charge in [-0.05, 0) is 0 Å². The van der Waals surface area contributed by atoms with Crippen LogP contribution in [0.5, 0.6) is 0 Å². The highest BCUT2D eigenvalue weighted by atomic mass is 35.5. The number of ether oxygens (including phenoxy) is 1. The predicted octanol–water partition coefficient (Wildman–Crippen LogP) is 0.378. The van der Waals surface area contributed by atoms with Gasteiger partial charge in [-0.1, -0.05) is 0 Å². The molecular weight excluding hydrogens is 154 g/mol. The Morgan fingerprint density at radius 1 is 1.60 bits per heavy atom. The van der Waals surface area contributed by atoms with E-state index in [1.807, 2.05) is 0 Å². The molecule has 0 aliphatic heterocycles. The highest BCUT2D eigenvalue weighted by molar-refractivity contribution is 6.18. The van der Waals surface area contributed by atoms with Gasteiger partial charge in [0.15, 0.2) is 0 Å². The van der Waals surface area contributed by atoms with Crippen molar-refractivity contribution in [3.63, 3.8) is 0 Å². The lowest BCUT2D eigenvalue weighted by atomic mass is 10.6. The van der Waals surface area contributed by atoms with Crippen LogP contribution < -0.4 is 5.32 Å². The molecule has 0 atom stereocenters. The maximum Gasteiger partial charge on any atom is 0.302 e. The van der Waals surface area contributed by atoms with E-state index in [1.165, 1.54) is 6.92 Å². The van der Waals surface area contributed by atoms with Crippen LogP contribution in [0.3, 0.4) is 0 Å². The van der Waals surface area contributed by atoms with Crippen molar-refractivity contribution < 1.29 is 9.53 Å². The first kappa shape index (κ1) is 9.72. The molecule has 0 aliphatic rings. The third-order valence-electron chi connectivity index (χ3n) is 0.855. The maximum atomic E-state index is 10.2. The lowest BCUT2D eigenvalue weighted by Crippen LogP contribution is -2.22. The summed E-state index contributed by atoms with van der Waals surface area (Å²) in [6.07, 6.45) is 0. The molecule has 0 bridgehead atoms. The van der Waals surface area contributed by atoms with Crippen molar-refractivity contribution in [2.75, 3.05) is 25.6 Å². The third kappa shape index (κ3) is 7.72. The lowest BCUT2D eigenvalue weighted by molar-refractivity contribution is -0.140. The molecule has 10 heavy (non-hydrogen) atoms. The van der Waals surface area contributed by atoms with Crippen molar-refractivity contribution in [1.29, 1.82) is 0 Å². The molecule has 0 aromatic heterocycles. The molecule has 0 fully saturated rings. The summed E-state index contributed by atoms with van der Waals surface area (Å²) in [6, 6.07) is 0. The molecule has 0 radical (unpaired) electrons. The SMILES string of the molecule is CC(=O)OCCNCCCl. The number of hydrogen-bond acceptors (Lipinski definition) is 3. The van der Waals surface area contributed by atoms with Crippen LogP contribution in [-0.2, 0) is 9.53 Å². The molecule has 0 saturated carbocycles. The molecule has 0 aliphatic carbocycles. The summed E-state index contributed by atoms with van der Waals surface area (Å²) in [4.78, 5) is 10.2. The zero-order chi connectivity index (χ0) is 7.82. The molecule has 1 N–H and O–H groups in total. The molecule has 0 saturated heterocycles. The van der Waals surface area contributed by atoms with Gasteiger partial charge in [0.05, 0.1) is 0 Å². The number of carbonyl (C=O) groups excluding carboxylic acids is 1. The number of halogens is 1. The van der Waals surface area contributed by atoms with Gasteiger partial charge < -0.3 is 10.1 Å². The molecule has 0 amide bonds. The maximum absolute atomic E-state index is 10.2. The van der Waals surface area contributed by atoms with Gasteiger partial charge in [0, 0.05) is 25.9 Å². The second-order valence-electron chi connectivity index (χ2n) is 1.78. The van der Waals surface area contributed by atoms with Crippen molar-refractivity contribution in [3.05, 3.63) is 0 Å². The van der Waals surface area contributed by atoms with E-state index < -0.39 is 0 Å². The van der Waals surface area contributed by atoms with Crippen LogP contribution >= 0.6 is 11.6 Å². The van der Waals surface area contributed by atoms with Crippen LogP contribution in [0.2, 0.25) is 0 Å². The van der Waals surface area contributed by atoms with Gasteiger partial charge in [-0.25, -0.2) is 0 Å². The molecule has 60 valence electrons. The first-order valence-electron chi connectivity index (χ1n) is 3.17. The average molecular weight is 166 g/mol. The molecule has 0 rings (SSSR count). The van der Waals surface area contributed by atoms with Crippen LogP contribution in [0.4, 0.5) is 0 Å². The van der Waals surface area contributed by atoms with Gasteiger partial charge in [-0.15, -0.1) is 11.6 Å². The Labute approximate surface area is 65.7 Å². The molecule has 0 aromatic rings. The third-order valence-corrected chi connectivity index (χ3v) is 1.04. The predicted molar refractivity (Wildman–Crippen MR) is 40.2 cm³/mol. The number of rotatable bonds is 5.